The number of nitrogens with zero attached hydrogens (tertiary/aromatic N) is 3. The molecule has 0 saturated carbocycles. The Morgan fingerprint density at radius 2 is 1.96 bits per heavy atom. The van der Waals surface area contributed by atoms with E-state index in [2.05, 4.69) is 22.4 Å². The molecular formula is C18H18N4O3S. The smallest absolute Gasteiger partial charge is 0.355 e. The van der Waals surface area contributed by atoms with Gasteiger partial charge in [0, 0.05) is 18.9 Å². The molecule has 0 aliphatic carbocycles. The van der Waals surface area contributed by atoms with Gasteiger partial charge in [0.2, 0.25) is 5.01 Å². The minimum absolute atomic E-state index is 0.0276. The summed E-state index contributed by atoms with van der Waals surface area (Å²) in [5.74, 6) is -0.790. The molecule has 134 valence electrons. The Balaban J connectivity index is 1.57. The third-order valence-electron chi connectivity index (χ3n) is 3.76. The zero-order valence-electron chi connectivity index (χ0n) is 14.4. The van der Waals surface area contributed by atoms with Crippen molar-refractivity contribution in [2.24, 2.45) is 7.05 Å². The van der Waals surface area contributed by atoms with Gasteiger partial charge in [0.15, 0.2) is 5.01 Å². The number of ether oxygens (including phenoxy) is 1. The third-order valence-corrected chi connectivity index (χ3v) is 4.66. The summed E-state index contributed by atoms with van der Waals surface area (Å²) in [6.45, 7) is 2.04. The quantitative estimate of drug-likeness (QED) is 0.674. The van der Waals surface area contributed by atoms with Crippen LogP contribution in [0.1, 0.15) is 37.8 Å². The molecule has 7 nitrogen and oxygen atoms in total. The second kappa shape index (κ2) is 7.92. The molecule has 0 fully saturated rings. The first-order valence-corrected chi connectivity index (χ1v) is 8.89. The summed E-state index contributed by atoms with van der Waals surface area (Å²) < 4.78 is 6.88. The van der Waals surface area contributed by atoms with Crippen LogP contribution in [0.3, 0.4) is 0 Å². The molecule has 2 aromatic heterocycles. The maximum absolute atomic E-state index is 12.2. The molecule has 0 unspecified atom stereocenters. The second-order valence-electron chi connectivity index (χ2n) is 5.59. The van der Waals surface area contributed by atoms with Crippen LogP contribution in [0, 0.1) is 0 Å². The highest BCUT2D eigenvalue weighted by Crippen LogP contribution is 2.15. The van der Waals surface area contributed by atoms with Crippen LogP contribution in [0.4, 0.5) is 5.69 Å². The van der Waals surface area contributed by atoms with Crippen LogP contribution >= 0.6 is 11.3 Å². The van der Waals surface area contributed by atoms with E-state index in [0.717, 1.165) is 17.8 Å². The molecule has 0 spiro atoms. The second-order valence-corrected chi connectivity index (χ2v) is 6.65. The van der Waals surface area contributed by atoms with Crippen LogP contribution in [0.15, 0.2) is 42.6 Å². The Labute approximate surface area is 154 Å². The Kier molecular flexibility index (Phi) is 5.43. The fourth-order valence-electron chi connectivity index (χ4n) is 2.29. The van der Waals surface area contributed by atoms with Crippen LogP contribution in [-0.4, -0.2) is 26.6 Å². The predicted octanol–water partition coefficient (Wildman–Crippen LogP) is 3.05. The number of aryl methyl sites for hydroxylation is 2. The molecule has 26 heavy (non-hydrogen) atoms. The van der Waals surface area contributed by atoms with Crippen molar-refractivity contribution in [2.45, 2.75) is 20.0 Å². The SMILES string of the molecule is CCc1ccc(NC(=O)c2nnc(COC(=O)c3cccn3C)s2)cc1. The van der Waals surface area contributed by atoms with Gasteiger partial charge in [-0.25, -0.2) is 4.79 Å². The first-order valence-electron chi connectivity index (χ1n) is 8.08. The monoisotopic (exact) mass is 370 g/mol. The van der Waals surface area contributed by atoms with Crippen LogP contribution in [0.2, 0.25) is 0 Å². The fourth-order valence-corrected chi connectivity index (χ4v) is 2.93. The van der Waals surface area contributed by atoms with Crippen LogP contribution in [0.25, 0.3) is 0 Å². The molecule has 8 heteroatoms. The van der Waals surface area contributed by atoms with E-state index < -0.39 is 5.97 Å². The van der Waals surface area contributed by atoms with Crippen molar-refractivity contribution in [1.82, 2.24) is 14.8 Å². The number of carbonyl (C=O) groups is 2. The van der Waals surface area contributed by atoms with E-state index in [0.29, 0.717) is 16.4 Å². The van der Waals surface area contributed by atoms with Gasteiger partial charge in [0.05, 0.1) is 0 Å². The van der Waals surface area contributed by atoms with E-state index in [-0.39, 0.29) is 17.5 Å². The maximum atomic E-state index is 12.2. The van der Waals surface area contributed by atoms with Gasteiger partial charge in [-0.1, -0.05) is 30.4 Å². The largest absolute Gasteiger partial charge is 0.454 e. The highest BCUT2D eigenvalue weighted by Gasteiger charge is 2.16. The Hall–Kier alpha value is -3.00. The molecule has 3 aromatic rings. The molecule has 0 atom stereocenters. The van der Waals surface area contributed by atoms with Gasteiger partial charge in [-0.2, -0.15) is 0 Å². The van der Waals surface area contributed by atoms with E-state index in [1.807, 2.05) is 24.3 Å². The van der Waals surface area contributed by atoms with Gasteiger partial charge >= 0.3 is 5.97 Å². The average Bonchev–Trinajstić information content (AvgIpc) is 3.29. The molecule has 1 amide bonds. The highest BCUT2D eigenvalue weighted by atomic mass is 32.1. The standard InChI is InChI=1S/C18H18N4O3S/c1-3-12-6-8-13(9-7-12)19-16(23)17-21-20-15(26-17)11-25-18(24)14-5-4-10-22(14)2/h4-10H,3,11H2,1-2H3,(H,19,23). The summed E-state index contributed by atoms with van der Waals surface area (Å²) in [5.41, 5.74) is 2.34. The third kappa shape index (κ3) is 4.15. The number of hydrogen-bond donors (Lipinski definition) is 1. The number of amides is 1. The Bertz CT molecular complexity index is 915. The lowest BCUT2D eigenvalue weighted by atomic mass is 10.1. The molecule has 0 aliphatic heterocycles. The number of aromatic nitrogens is 3. The fraction of sp³-hybridized carbons (Fsp3) is 0.222. The molecule has 0 bridgehead atoms. The number of esters is 1. The van der Waals surface area contributed by atoms with Crippen molar-refractivity contribution < 1.29 is 14.3 Å². The van der Waals surface area contributed by atoms with Crippen molar-refractivity contribution >= 4 is 28.9 Å². The van der Waals surface area contributed by atoms with Gasteiger partial charge in [-0.05, 0) is 36.2 Å². The number of hydrogen-bond acceptors (Lipinski definition) is 6. The predicted molar refractivity (Wildman–Crippen MR) is 98.2 cm³/mol. The van der Waals surface area contributed by atoms with Crippen LogP contribution in [0.5, 0.6) is 0 Å². The van der Waals surface area contributed by atoms with Crippen molar-refractivity contribution in [3.63, 3.8) is 0 Å². The summed E-state index contributed by atoms with van der Waals surface area (Å²) in [6.07, 6.45) is 2.70. The van der Waals surface area contributed by atoms with Crippen molar-refractivity contribution in [2.75, 3.05) is 5.32 Å². The molecule has 0 saturated heterocycles. The lowest BCUT2D eigenvalue weighted by Gasteiger charge is -2.03. The van der Waals surface area contributed by atoms with Crippen molar-refractivity contribution in [1.29, 1.82) is 0 Å². The van der Waals surface area contributed by atoms with E-state index in [1.54, 1.807) is 29.9 Å². The molecule has 1 N–H and O–H groups in total. The summed E-state index contributed by atoms with van der Waals surface area (Å²) in [4.78, 5) is 24.2. The van der Waals surface area contributed by atoms with Crippen LogP contribution in [-0.2, 0) is 24.8 Å². The van der Waals surface area contributed by atoms with E-state index in [1.165, 1.54) is 5.56 Å². The molecule has 0 aliphatic rings. The normalized spacial score (nSPS) is 10.5. The van der Waals surface area contributed by atoms with Gasteiger partial charge in [0.1, 0.15) is 12.3 Å². The van der Waals surface area contributed by atoms with Gasteiger partial charge < -0.3 is 14.6 Å². The number of nitrogens with one attached hydrogen (secondary N) is 1. The van der Waals surface area contributed by atoms with E-state index in [4.69, 9.17) is 4.74 Å². The first-order chi connectivity index (χ1) is 12.6. The minimum atomic E-state index is -0.449. The minimum Gasteiger partial charge on any atom is -0.454 e. The molecule has 0 radical (unpaired) electrons. The molecular weight excluding hydrogens is 352 g/mol. The molecule has 1 aromatic carbocycles. The lowest BCUT2D eigenvalue weighted by molar-refractivity contribution is 0.0460. The maximum Gasteiger partial charge on any atom is 0.355 e. The van der Waals surface area contributed by atoms with E-state index in [9.17, 15) is 9.59 Å². The highest BCUT2D eigenvalue weighted by molar-refractivity contribution is 7.13. The number of rotatable bonds is 6. The zero-order valence-corrected chi connectivity index (χ0v) is 15.2. The summed E-state index contributed by atoms with van der Waals surface area (Å²) in [7, 11) is 1.76. The number of carbonyl (C=O) groups excluding carboxylic acids is 2. The zero-order chi connectivity index (χ0) is 18.5. The van der Waals surface area contributed by atoms with Gasteiger partial charge in [-0.15, -0.1) is 10.2 Å². The number of anilines is 1. The Morgan fingerprint density at radius 1 is 1.19 bits per heavy atom. The Morgan fingerprint density at radius 3 is 2.62 bits per heavy atom. The van der Waals surface area contributed by atoms with Crippen LogP contribution < -0.4 is 5.32 Å². The summed E-state index contributed by atoms with van der Waals surface area (Å²) in [5, 5.41) is 11.2. The van der Waals surface area contributed by atoms with E-state index >= 15 is 0 Å². The number of benzene rings is 1. The molecule has 2 heterocycles. The lowest BCUT2D eigenvalue weighted by Crippen LogP contribution is -2.11. The van der Waals surface area contributed by atoms with Crippen molar-refractivity contribution in [3.05, 3.63) is 63.9 Å². The first kappa shape index (κ1) is 17.8. The summed E-state index contributed by atoms with van der Waals surface area (Å²) >= 11 is 1.09. The average molecular weight is 370 g/mol. The molecule has 3 rings (SSSR count). The van der Waals surface area contributed by atoms with Gasteiger partial charge in [-0.3, -0.25) is 4.79 Å². The summed E-state index contributed by atoms with van der Waals surface area (Å²) in [6, 6.07) is 11.1. The van der Waals surface area contributed by atoms with Crippen molar-refractivity contribution in [3.8, 4) is 0 Å². The van der Waals surface area contributed by atoms with Gasteiger partial charge in [0.25, 0.3) is 5.91 Å². The topological polar surface area (TPSA) is 86.1 Å².